The SMILES string of the molecule is CSc1nc(NCCCc2ccc(-c3ccc(F)cc3)cc2)c2cc(C)sc2n1. The number of fused-ring (bicyclic) bond motifs is 1. The van der Waals surface area contributed by atoms with Crippen LogP contribution in [-0.4, -0.2) is 22.8 Å². The van der Waals surface area contributed by atoms with E-state index in [1.54, 1.807) is 23.1 Å². The Kier molecular flexibility index (Phi) is 6.11. The minimum atomic E-state index is -0.207. The first-order valence-electron chi connectivity index (χ1n) is 9.53. The number of anilines is 1. The zero-order chi connectivity index (χ0) is 20.2. The van der Waals surface area contributed by atoms with Gasteiger partial charge in [-0.15, -0.1) is 11.3 Å². The number of aromatic nitrogens is 2. The zero-order valence-corrected chi connectivity index (χ0v) is 18.0. The molecule has 4 aromatic rings. The van der Waals surface area contributed by atoms with E-state index in [9.17, 15) is 4.39 Å². The maximum absolute atomic E-state index is 13.1. The summed E-state index contributed by atoms with van der Waals surface area (Å²) in [7, 11) is 0. The number of nitrogens with zero attached hydrogens (tertiary/aromatic N) is 2. The Balaban J connectivity index is 1.36. The van der Waals surface area contributed by atoms with E-state index in [-0.39, 0.29) is 5.82 Å². The highest BCUT2D eigenvalue weighted by atomic mass is 32.2. The summed E-state index contributed by atoms with van der Waals surface area (Å²) >= 11 is 3.27. The largest absolute Gasteiger partial charge is 0.369 e. The molecule has 29 heavy (non-hydrogen) atoms. The minimum absolute atomic E-state index is 0.207. The molecule has 1 N–H and O–H groups in total. The molecule has 2 aromatic carbocycles. The molecular weight excluding hydrogens is 401 g/mol. The molecule has 0 aliphatic heterocycles. The number of halogens is 1. The molecule has 0 radical (unpaired) electrons. The smallest absolute Gasteiger partial charge is 0.190 e. The third-order valence-electron chi connectivity index (χ3n) is 4.74. The number of hydrogen-bond acceptors (Lipinski definition) is 5. The summed E-state index contributed by atoms with van der Waals surface area (Å²) in [6.07, 6.45) is 4.00. The number of rotatable bonds is 7. The van der Waals surface area contributed by atoms with Crippen LogP contribution in [0.25, 0.3) is 21.3 Å². The van der Waals surface area contributed by atoms with Crippen molar-refractivity contribution in [2.24, 2.45) is 0 Å². The summed E-state index contributed by atoms with van der Waals surface area (Å²) in [5.41, 5.74) is 3.43. The van der Waals surface area contributed by atoms with Crippen LogP contribution in [0.4, 0.5) is 10.2 Å². The highest BCUT2D eigenvalue weighted by Gasteiger charge is 2.10. The van der Waals surface area contributed by atoms with Gasteiger partial charge in [0.25, 0.3) is 0 Å². The van der Waals surface area contributed by atoms with Crippen LogP contribution >= 0.6 is 23.1 Å². The predicted octanol–water partition coefficient (Wildman–Crippen LogP) is 6.57. The highest BCUT2D eigenvalue weighted by Crippen LogP contribution is 2.30. The van der Waals surface area contributed by atoms with Crippen LogP contribution in [0.2, 0.25) is 0 Å². The number of thioether (sulfide) groups is 1. The summed E-state index contributed by atoms with van der Waals surface area (Å²) in [5.74, 6) is 0.719. The van der Waals surface area contributed by atoms with Gasteiger partial charge in [0, 0.05) is 11.4 Å². The maximum atomic E-state index is 13.1. The first kappa shape index (κ1) is 19.9. The molecule has 0 bridgehead atoms. The summed E-state index contributed by atoms with van der Waals surface area (Å²) in [6, 6.07) is 17.3. The molecule has 0 aliphatic rings. The molecule has 4 rings (SSSR count). The Bertz CT molecular complexity index is 1110. The molecule has 2 aromatic heterocycles. The molecule has 0 saturated carbocycles. The Morgan fingerprint density at radius 1 is 1.00 bits per heavy atom. The van der Waals surface area contributed by atoms with Crippen LogP contribution in [0.15, 0.2) is 59.8 Å². The molecule has 3 nitrogen and oxygen atoms in total. The molecule has 0 spiro atoms. The van der Waals surface area contributed by atoms with Gasteiger partial charge in [-0.3, -0.25) is 0 Å². The zero-order valence-electron chi connectivity index (χ0n) is 16.4. The van der Waals surface area contributed by atoms with Crippen molar-refractivity contribution in [3.63, 3.8) is 0 Å². The van der Waals surface area contributed by atoms with E-state index >= 15 is 0 Å². The fourth-order valence-electron chi connectivity index (χ4n) is 3.25. The monoisotopic (exact) mass is 423 g/mol. The van der Waals surface area contributed by atoms with Crippen molar-refractivity contribution in [1.29, 1.82) is 0 Å². The Hall–Kier alpha value is -2.44. The average Bonchev–Trinajstić information content (AvgIpc) is 3.12. The summed E-state index contributed by atoms with van der Waals surface area (Å²) < 4.78 is 13.1. The van der Waals surface area contributed by atoms with Crippen LogP contribution < -0.4 is 5.32 Å². The fourth-order valence-corrected chi connectivity index (χ4v) is 4.56. The molecular formula is C23H22FN3S2. The van der Waals surface area contributed by atoms with Gasteiger partial charge in [0.15, 0.2) is 5.16 Å². The van der Waals surface area contributed by atoms with Crippen molar-refractivity contribution in [2.45, 2.75) is 24.9 Å². The van der Waals surface area contributed by atoms with E-state index < -0.39 is 0 Å². The average molecular weight is 424 g/mol. The Labute approximate surface area is 178 Å². The fraction of sp³-hybridized carbons (Fsp3) is 0.217. The molecule has 0 amide bonds. The van der Waals surface area contributed by atoms with Gasteiger partial charge in [-0.2, -0.15) is 0 Å². The van der Waals surface area contributed by atoms with Gasteiger partial charge in [0.2, 0.25) is 0 Å². The quantitative estimate of drug-likeness (QED) is 0.207. The van der Waals surface area contributed by atoms with Crippen LogP contribution in [-0.2, 0) is 6.42 Å². The lowest BCUT2D eigenvalue weighted by molar-refractivity contribution is 0.628. The second-order valence-corrected chi connectivity index (χ2v) is 8.88. The number of thiophene rings is 1. The third-order valence-corrected chi connectivity index (χ3v) is 6.24. The maximum Gasteiger partial charge on any atom is 0.190 e. The van der Waals surface area contributed by atoms with Crippen molar-refractivity contribution in [3.05, 3.63) is 70.9 Å². The number of nitrogens with one attached hydrogen (secondary N) is 1. The van der Waals surface area contributed by atoms with Crippen molar-refractivity contribution < 1.29 is 4.39 Å². The van der Waals surface area contributed by atoms with Crippen molar-refractivity contribution in [2.75, 3.05) is 18.1 Å². The summed E-state index contributed by atoms with van der Waals surface area (Å²) in [5, 5.41) is 5.40. The number of hydrogen-bond donors (Lipinski definition) is 1. The van der Waals surface area contributed by atoms with Gasteiger partial charge in [-0.1, -0.05) is 48.2 Å². The van der Waals surface area contributed by atoms with Crippen molar-refractivity contribution in [3.8, 4) is 11.1 Å². The molecule has 0 fully saturated rings. The lowest BCUT2D eigenvalue weighted by Gasteiger charge is -2.09. The van der Waals surface area contributed by atoms with Crippen LogP contribution in [0.1, 0.15) is 16.9 Å². The predicted molar refractivity (Wildman–Crippen MR) is 123 cm³/mol. The minimum Gasteiger partial charge on any atom is -0.369 e. The summed E-state index contributed by atoms with van der Waals surface area (Å²) in [4.78, 5) is 11.5. The van der Waals surface area contributed by atoms with Gasteiger partial charge < -0.3 is 5.32 Å². The third kappa shape index (κ3) is 4.77. The lowest BCUT2D eigenvalue weighted by atomic mass is 10.0. The first-order chi connectivity index (χ1) is 14.1. The van der Waals surface area contributed by atoms with Crippen molar-refractivity contribution in [1.82, 2.24) is 9.97 Å². The molecule has 0 aliphatic carbocycles. The van der Waals surface area contributed by atoms with E-state index in [2.05, 4.69) is 52.5 Å². The molecule has 0 saturated heterocycles. The lowest BCUT2D eigenvalue weighted by Crippen LogP contribution is -2.06. The van der Waals surface area contributed by atoms with E-state index in [4.69, 9.17) is 0 Å². The van der Waals surface area contributed by atoms with Crippen molar-refractivity contribution >= 4 is 39.1 Å². The molecule has 0 atom stereocenters. The molecule has 6 heteroatoms. The summed E-state index contributed by atoms with van der Waals surface area (Å²) in [6.45, 7) is 2.96. The van der Waals surface area contributed by atoms with E-state index in [1.807, 2.05) is 18.4 Å². The number of aryl methyl sites for hydroxylation is 2. The first-order valence-corrected chi connectivity index (χ1v) is 11.6. The van der Waals surface area contributed by atoms with Crippen LogP contribution in [0.5, 0.6) is 0 Å². The van der Waals surface area contributed by atoms with Gasteiger partial charge in [-0.05, 0) is 60.9 Å². The molecule has 148 valence electrons. The second kappa shape index (κ2) is 8.93. The van der Waals surface area contributed by atoms with Crippen LogP contribution in [0.3, 0.4) is 0 Å². The second-order valence-electron chi connectivity index (χ2n) is 6.87. The van der Waals surface area contributed by atoms with E-state index in [1.165, 1.54) is 22.6 Å². The molecule has 0 unspecified atom stereocenters. The van der Waals surface area contributed by atoms with E-state index in [0.717, 1.165) is 51.7 Å². The Morgan fingerprint density at radius 3 is 2.38 bits per heavy atom. The highest BCUT2D eigenvalue weighted by molar-refractivity contribution is 7.98. The normalized spacial score (nSPS) is 11.1. The molecule has 2 heterocycles. The van der Waals surface area contributed by atoms with Gasteiger partial charge in [0.05, 0.1) is 5.39 Å². The van der Waals surface area contributed by atoms with Gasteiger partial charge in [0.1, 0.15) is 16.5 Å². The Morgan fingerprint density at radius 2 is 1.69 bits per heavy atom. The van der Waals surface area contributed by atoms with E-state index in [0.29, 0.717) is 0 Å². The topological polar surface area (TPSA) is 37.8 Å². The van der Waals surface area contributed by atoms with Gasteiger partial charge >= 0.3 is 0 Å². The number of benzene rings is 2. The van der Waals surface area contributed by atoms with Gasteiger partial charge in [-0.25, -0.2) is 14.4 Å². The standard InChI is InChI=1S/C23H22FN3S2/c1-15-14-20-21(26-23(28-2)27-22(20)29-15)25-13-3-4-16-5-7-17(8-6-16)18-9-11-19(24)12-10-18/h5-12,14H,3-4,13H2,1-2H3,(H,25,26,27). The van der Waals surface area contributed by atoms with Crippen LogP contribution in [0, 0.1) is 12.7 Å².